The number of carbonyl (C=O) groups excluding carboxylic acids is 2. The third-order valence-electron chi connectivity index (χ3n) is 4.19. The van der Waals surface area contributed by atoms with Crippen LogP contribution >= 0.6 is 0 Å². The van der Waals surface area contributed by atoms with Gasteiger partial charge in [-0.05, 0) is 25.0 Å². The Morgan fingerprint density at radius 1 is 1.29 bits per heavy atom. The summed E-state index contributed by atoms with van der Waals surface area (Å²) in [5.41, 5.74) is 6.15. The zero-order valence-electron chi connectivity index (χ0n) is 13.1. The molecule has 0 aliphatic heterocycles. The van der Waals surface area contributed by atoms with Gasteiger partial charge in [-0.3, -0.25) is 9.59 Å². The molecule has 24 heavy (non-hydrogen) atoms. The predicted molar refractivity (Wildman–Crippen MR) is 84.4 cm³/mol. The fourth-order valence-corrected chi connectivity index (χ4v) is 3.05. The van der Waals surface area contributed by atoms with Crippen molar-refractivity contribution in [2.24, 2.45) is 5.73 Å². The van der Waals surface area contributed by atoms with Crippen molar-refractivity contribution in [3.63, 3.8) is 0 Å². The third-order valence-corrected chi connectivity index (χ3v) is 4.19. The van der Waals surface area contributed by atoms with Crippen LogP contribution in [0.5, 0.6) is 0 Å². The van der Waals surface area contributed by atoms with Crippen molar-refractivity contribution < 1.29 is 18.5 Å². The van der Waals surface area contributed by atoms with Crippen molar-refractivity contribution in [3.8, 4) is 11.3 Å². The van der Waals surface area contributed by atoms with Crippen molar-refractivity contribution in [2.75, 3.05) is 6.54 Å². The highest BCUT2D eigenvalue weighted by Gasteiger charge is 2.30. The Hall–Kier alpha value is -2.70. The minimum atomic E-state index is -0.569. The SMILES string of the molecule is NC(=O)CN(C(=O)c1cc(-c2cccc(F)c2)no1)C1CCCC1. The molecular weight excluding hydrogens is 313 g/mol. The van der Waals surface area contributed by atoms with E-state index in [1.165, 1.54) is 23.1 Å². The second kappa shape index (κ2) is 6.82. The second-order valence-electron chi connectivity index (χ2n) is 5.92. The molecule has 3 rings (SSSR count). The number of carbonyl (C=O) groups is 2. The van der Waals surface area contributed by atoms with E-state index in [9.17, 15) is 14.0 Å². The molecule has 126 valence electrons. The van der Waals surface area contributed by atoms with Crippen LogP contribution in [0.2, 0.25) is 0 Å². The predicted octanol–water partition coefficient (Wildman–Crippen LogP) is 2.35. The summed E-state index contributed by atoms with van der Waals surface area (Å²) in [5.74, 6) is -1.37. The molecule has 1 aromatic heterocycles. The first-order chi connectivity index (χ1) is 11.5. The summed E-state index contributed by atoms with van der Waals surface area (Å²) in [6.45, 7) is -0.153. The van der Waals surface area contributed by atoms with Crippen LogP contribution in [-0.2, 0) is 4.79 Å². The van der Waals surface area contributed by atoms with Gasteiger partial charge in [-0.25, -0.2) is 4.39 Å². The second-order valence-corrected chi connectivity index (χ2v) is 5.92. The highest BCUT2D eigenvalue weighted by atomic mass is 19.1. The number of nitrogens with two attached hydrogens (primary N) is 1. The van der Waals surface area contributed by atoms with E-state index >= 15 is 0 Å². The lowest BCUT2D eigenvalue weighted by Crippen LogP contribution is -2.44. The molecule has 0 radical (unpaired) electrons. The molecule has 2 N–H and O–H groups in total. The lowest BCUT2D eigenvalue weighted by molar-refractivity contribution is -0.119. The minimum Gasteiger partial charge on any atom is -0.368 e. The number of rotatable bonds is 5. The van der Waals surface area contributed by atoms with Gasteiger partial charge in [-0.15, -0.1) is 0 Å². The number of hydrogen-bond donors (Lipinski definition) is 1. The van der Waals surface area contributed by atoms with Gasteiger partial charge < -0.3 is 15.2 Å². The maximum atomic E-state index is 13.3. The highest BCUT2D eigenvalue weighted by Crippen LogP contribution is 2.26. The van der Waals surface area contributed by atoms with Gasteiger partial charge >= 0.3 is 0 Å². The summed E-state index contributed by atoms with van der Waals surface area (Å²) in [5, 5.41) is 3.83. The van der Waals surface area contributed by atoms with E-state index in [0.717, 1.165) is 25.7 Å². The van der Waals surface area contributed by atoms with Gasteiger partial charge in [0.15, 0.2) is 0 Å². The molecule has 0 spiro atoms. The molecule has 6 nitrogen and oxygen atoms in total. The van der Waals surface area contributed by atoms with Gasteiger partial charge in [-0.2, -0.15) is 0 Å². The van der Waals surface area contributed by atoms with Crippen molar-refractivity contribution >= 4 is 11.8 Å². The largest absolute Gasteiger partial charge is 0.368 e. The van der Waals surface area contributed by atoms with Crippen molar-refractivity contribution in [1.82, 2.24) is 10.1 Å². The Morgan fingerprint density at radius 2 is 2.04 bits per heavy atom. The molecule has 0 atom stereocenters. The van der Waals surface area contributed by atoms with Crippen LogP contribution in [0, 0.1) is 5.82 Å². The zero-order valence-corrected chi connectivity index (χ0v) is 13.1. The summed E-state index contributed by atoms with van der Waals surface area (Å²) in [6, 6.07) is 7.30. The lowest BCUT2D eigenvalue weighted by atomic mass is 10.1. The van der Waals surface area contributed by atoms with Crippen molar-refractivity contribution in [1.29, 1.82) is 0 Å². The maximum absolute atomic E-state index is 13.3. The van der Waals surface area contributed by atoms with Crippen molar-refractivity contribution in [3.05, 3.63) is 41.9 Å². The van der Waals surface area contributed by atoms with Gasteiger partial charge in [0.05, 0.1) is 0 Å². The highest BCUT2D eigenvalue weighted by molar-refractivity contribution is 5.95. The van der Waals surface area contributed by atoms with Crippen LogP contribution in [-0.4, -0.2) is 34.5 Å². The van der Waals surface area contributed by atoms with Crippen LogP contribution in [0.15, 0.2) is 34.9 Å². The smallest absolute Gasteiger partial charge is 0.293 e. The summed E-state index contributed by atoms with van der Waals surface area (Å²) in [7, 11) is 0. The maximum Gasteiger partial charge on any atom is 0.293 e. The van der Waals surface area contributed by atoms with E-state index in [4.69, 9.17) is 10.3 Å². The van der Waals surface area contributed by atoms with Crippen LogP contribution in [0.1, 0.15) is 36.2 Å². The summed E-state index contributed by atoms with van der Waals surface area (Å²) in [6.07, 6.45) is 3.70. The minimum absolute atomic E-state index is 0.0161. The Labute approximate surface area is 138 Å². The molecule has 0 unspecified atom stereocenters. The van der Waals surface area contributed by atoms with E-state index < -0.39 is 17.6 Å². The molecule has 0 bridgehead atoms. The molecule has 1 aromatic carbocycles. The molecular formula is C17H18FN3O3. The molecule has 1 aliphatic rings. The molecule has 2 amide bonds. The van der Waals surface area contributed by atoms with Gasteiger partial charge in [-0.1, -0.05) is 30.1 Å². The number of nitrogens with zero attached hydrogens (tertiary/aromatic N) is 2. The molecule has 1 fully saturated rings. The van der Waals surface area contributed by atoms with Crippen LogP contribution in [0.25, 0.3) is 11.3 Å². The van der Waals surface area contributed by atoms with Crippen LogP contribution in [0.4, 0.5) is 4.39 Å². The number of hydrogen-bond acceptors (Lipinski definition) is 4. The van der Waals surface area contributed by atoms with E-state index in [1.807, 2.05) is 0 Å². The summed E-state index contributed by atoms with van der Waals surface area (Å²) in [4.78, 5) is 25.4. The number of benzene rings is 1. The molecule has 2 aromatic rings. The standard InChI is InChI=1S/C17H18FN3O3/c18-12-5-3-4-11(8-12)14-9-15(24-20-14)17(23)21(10-16(19)22)13-6-1-2-7-13/h3-5,8-9,13H,1-2,6-7,10H2,(H2,19,22). The monoisotopic (exact) mass is 331 g/mol. The Balaban J connectivity index is 1.84. The Morgan fingerprint density at radius 3 is 2.71 bits per heavy atom. The van der Waals surface area contributed by atoms with Gasteiger partial charge in [0, 0.05) is 17.7 Å². The van der Waals surface area contributed by atoms with E-state index in [1.54, 1.807) is 12.1 Å². The number of aromatic nitrogens is 1. The lowest BCUT2D eigenvalue weighted by Gasteiger charge is -2.26. The first kappa shape index (κ1) is 16.2. The zero-order chi connectivity index (χ0) is 17.1. The first-order valence-corrected chi connectivity index (χ1v) is 7.86. The number of primary amides is 1. The fraction of sp³-hybridized carbons (Fsp3) is 0.353. The quantitative estimate of drug-likeness (QED) is 0.910. The Kier molecular flexibility index (Phi) is 4.59. The number of halogens is 1. The number of amides is 2. The van der Waals surface area contributed by atoms with Gasteiger partial charge in [0.1, 0.15) is 18.1 Å². The Bertz CT molecular complexity index is 753. The molecule has 1 aliphatic carbocycles. The first-order valence-electron chi connectivity index (χ1n) is 7.86. The van der Waals surface area contributed by atoms with Crippen LogP contribution in [0.3, 0.4) is 0 Å². The van der Waals surface area contributed by atoms with Gasteiger partial charge in [0.25, 0.3) is 5.91 Å². The van der Waals surface area contributed by atoms with Gasteiger partial charge in [0.2, 0.25) is 11.7 Å². The average Bonchev–Trinajstić information content (AvgIpc) is 3.23. The molecule has 0 saturated heterocycles. The summed E-state index contributed by atoms with van der Waals surface area (Å²) < 4.78 is 18.4. The van der Waals surface area contributed by atoms with Crippen molar-refractivity contribution in [2.45, 2.75) is 31.7 Å². The van der Waals surface area contributed by atoms with E-state index in [-0.39, 0.29) is 18.3 Å². The fourth-order valence-electron chi connectivity index (χ4n) is 3.05. The van der Waals surface area contributed by atoms with E-state index in [0.29, 0.717) is 11.3 Å². The summed E-state index contributed by atoms with van der Waals surface area (Å²) >= 11 is 0. The molecule has 1 heterocycles. The topological polar surface area (TPSA) is 89.4 Å². The molecule has 7 heteroatoms. The van der Waals surface area contributed by atoms with E-state index in [2.05, 4.69) is 5.16 Å². The molecule has 1 saturated carbocycles. The third kappa shape index (κ3) is 3.45. The average molecular weight is 331 g/mol. The van der Waals surface area contributed by atoms with Crippen LogP contribution < -0.4 is 5.73 Å². The normalized spacial score (nSPS) is 14.7.